The van der Waals surface area contributed by atoms with Crippen molar-refractivity contribution in [1.82, 2.24) is 19.8 Å². The van der Waals surface area contributed by atoms with Crippen molar-refractivity contribution in [3.05, 3.63) is 48.5 Å². The number of urea groups is 1. The summed E-state index contributed by atoms with van der Waals surface area (Å²) in [5.41, 5.74) is 0. The molecule has 1 aromatic carbocycles. The van der Waals surface area contributed by atoms with Crippen molar-refractivity contribution in [2.24, 2.45) is 0 Å². The Hall–Kier alpha value is -2.49. The molecule has 0 fully saturated rings. The Labute approximate surface area is 144 Å². The summed E-state index contributed by atoms with van der Waals surface area (Å²) in [5, 5.41) is 2.45. The lowest BCUT2D eigenvalue weighted by Crippen LogP contribution is -2.39. The molecular weight excluding hydrogens is 354 g/mol. The number of nitrogens with one attached hydrogen (secondary N) is 1. The maximum Gasteiger partial charge on any atom is 0.319 e. The number of sulfone groups is 1. The molecule has 0 aliphatic rings. The van der Waals surface area contributed by atoms with Crippen LogP contribution in [0.4, 0.5) is 13.6 Å². The smallest absolute Gasteiger partial charge is 0.319 e. The Kier molecular flexibility index (Phi) is 6.07. The Balaban J connectivity index is 1.86. The Morgan fingerprint density at radius 1 is 1.32 bits per heavy atom. The second-order valence-corrected chi connectivity index (χ2v) is 7.36. The topological polar surface area (TPSA) is 84.3 Å². The zero-order valence-corrected chi connectivity index (χ0v) is 14.3. The van der Waals surface area contributed by atoms with Gasteiger partial charge >= 0.3 is 12.6 Å². The third-order valence-corrected chi connectivity index (χ3v) is 5.17. The van der Waals surface area contributed by atoms with Crippen molar-refractivity contribution in [3.8, 4) is 0 Å². The predicted molar refractivity (Wildman–Crippen MR) is 86.8 cm³/mol. The summed E-state index contributed by atoms with van der Waals surface area (Å²) in [6, 6.07) is 7.32. The van der Waals surface area contributed by atoms with Gasteiger partial charge in [-0.3, -0.25) is 4.57 Å². The van der Waals surface area contributed by atoms with Gasteiger partial charge in [-0.1, -0.05) is 18.2 Å². The van der Waals surface area contributed by atoms with Crippen LogP contribution in [0.5, 0.6) is 0 Å². The minimum absolute atomic E-state index is 0.0320. The minimum atomic E-state index is -3.50. The minimum Gasteiger partial charge on any atom is -0.337 e. The number of imidazole rings is 1. The number of nitrogens with zero attached hydrogens (tertiary/aromatic N) is 3. The van der Waals surface area contributed by atoms with Crippen molar-refractivity contribution >= 4 is 15.9 Å². The van der Waals surface area contributed by atoms with Gasteiger partial charge in [-0.15, -0.1) is 0 Å². The van der Waals surface area contributed by atoms with E-state index in [4.69, 9.17) is 0 Å². The number of halogens is 2. The van der Waals surface area contributed by atoms with E-state index in [2.05, 4.69) is 10.3 Å². The normalized spacial score (nSPS) is 11.5. The SMILES string of the molecule is CN(Cc1nccn1C(F)F)C(=O)NCCS(=O)(=O)c1ccccc1. The van der Waals surface area contributed by atoms with Crippen molar-refractivity contribution in [1.29, 1.82) is 0 Å². The first-order chi connectivity index (χ1) is 11.8. The molecule has 2 rings (SSSR count). The Morgan fingerprint density at radius 3 is 2.64 bits per heavy atom. The number of hydrogen-bond donors (Lipinski definition) is 1. The van der Waals surface area contributed by atoms with Crippen molar-refractivity contribution < 1.29 is 22.0 Å². The molecule has 0 bridgehead atoms. The zero-order valence-electron chi connectivity index (χ0n) is 13.5. The lowest BCUT2D eigenvalue weighted by Gasteiger charge is -2.18. The van der Waals surface area contributed by atoms with E-state index in [9.17, 15) is 22.0 Å². The van der Waals surface area contributed by atoms with Crippen molar-refractivity contribution in [2.75, 3.05) is 19.3 Å². The van der Waals surface area contributed by atoms with Crippen LogP contribution in [0.2, 0.25) is 0 Å². The molecule has 0 spiro atoms. The molecule has 0 radical (unpaired) electrons. The monoisotopic (exact) mass is 372 g/mol. The van der Waals surface area contributed by atoms with E-state index in [-0.39, 0.29) is 29.6 Å². The predicted octanol–water partition coefficient (Wildman–Crippen LogP) is 1.89. The molecule has 25 heavy (non-hydrogen) atoms. The van der Waals surface area contributed by atoms with Gasteiger partial charge in [0.1, 0.15) is 5.82 Å². The highest BCUT2D eigenvalue weighted by molar-refractivity contribution is 7.91. The van der Waals surface area contributed by atoms with Gasteiger partial charge in [0.2, 0.25) is 0 Å². The van der Waals surface area contributed by atoms with Crippen molar-refractivity contribution in [3.63, 3.8) is 0 Å². The zero-order chi connectivity index (χ0) is 18.4. The van der Waals surface area contributed by atoms with Crippen LogP contribution in [-0.2, 0) is 16.4 Å². The highest BCUT2D eigenvalue weighted by Gasteiger charge is 2.18. The number of rotatable bonds is 7. The molecule has 1 aromatic heterocycles. The average molecular weight is 372 g/mol. The highest BCUT2D eigenvalue weighted by Crippen LogP contribution is 2.13. The third kappa shape index (κ3) is 4.99. The second kappa shape index (κ2) is 8.06. The van der Waals surface area contributed by atoms with Gasteiger partial charge in [-0.05, 0) is 12.1 Å². The molecule has 136 valence electrons. The van der Waals surface area contributed by atoms with Gasteiger partial charge in [0.15, 0.2) is 9.84 Å². The summed E-state index contributed by atoms with van der Waals surface area (Å²) in [4.78, 5) is 17.1. The summed E-state index contributed by atoms with van der Waals surface area (Å²) in [5.74, 6) is -0.230. The number of alkyl halides is 2. The van der Waals surface area contributed by atoms with E-state index in [1.54, 1.807) is 18.2 Å². The average Bonchev–Trinajstić information content (AvgIpc) is 3.03. The van der Waals surface area contributed by atoms with Gasteiger partial charge in [-0.25, -0.2) is 18.2 Å². The molecule has 0 saturated carbocycles. The molecule has 2 aromatic rings. The first-order valence-corrected chi connectivity index (χ1v) is 9.03. The summed E-state index contributed by atoms with van der Waals surface area (Å²) < 4.78 is 50.3. The molecule has 0 unspecified atom stereocenters. The van der Waals surface area contributed by atoms with Crippen LogP contribution >= 0.6 is 0 Å². The van der Waals surface area contributed by atoms with Crippen LogP contribution in [-0.4, -0.2) is 48.2 Å². The molecule has 10 heteroatoms. The third-order valence-electron chi connectivity index (χ3n) is 3.43. The first-order valence-electron chi connectivity index (χ1n) is 7.38. The number of hydrogen-bond acceptors (Lipinski definition) is 4. The molecule has 0 aliphatic heterocycles. The number of amides is 2. The summed E-state index contributed by atoms with van der Waals surface area (Å²) >= 11 is 0. The van der Waals surface area contributed by atoms with E-state index in [1.807, 2.05) is 0 Å². The van der Waals surface area contributed by atoms with Gasteiger partial charge in [-0.2, -0.15) is 8.78 Å². The molecule has 7 nitrogen and oxygen atoms in total. The lowest BCUT2D eigenvalue weighted by molar-refractivity contribution is 0.0651. The molecule has 0 saturated heterocycles. The van der Waals surface area contributed by atoms with E-state index >= 15 is 0 Å². The molecule has 1 N–H and O–H groups in total. The van der Waals surface area contributed by atoms with Crippen LogP contribution < -0.4 is 5.32 Å². The highest BCUT2D eigenvalue weighted by atomic mass is 32.2. The summed E-state index contributed by atoms with van der Waals surface area (Å²) in [7, 11) is -2.09. The number of benzene rings is 1. The van der Waals surface area contributed by atoms with Crippen LogP contribution in [0, 0.1) is 0 Å². The van der Waals surface area contributed by atoms with Gasteiger partial charge in [0, 0.05) is 26.0 Å². The van der Waals surface area contributed by atoms with E-state index in [0.717, 1.165) is 11.1 Å². The fourth-order valence-corrected chi connectivity index (χ4v) is 3.28. The summed E-state index contributed by atoms with van der Waals surface area (Å²) in [6.45, 7) is -2.97. The van der Waals surface area contributed by atoms with Gasteiger partial charge in [0.25, 0.3) is 0 Å². The van der Waals surface area contributed by atoms with Crippen LogP contribution in [0.15, 0.2) is 47.6 Å². The Morgan fingerprint density at radius 2 is 2.00 bits per heavy atom. The molecule has 2 amide bonds. The van der Waals surface area contributed by atoms with E-state index in [1.165, 1.54) is 25.4 Å². The molecule has 0 aliphatic carbocycles. The molecular formula is C15H18F2N4O3S. The van der Waals surface area contributed by atoms with Crippen LogP contribution in [0.1, 0.15) is 12.4 Å². The first kappa shape index (κ1) is 18.8. The van der Waals surface area contributed by atoms with Gasteiger partial charge < -0.3 is 10.2 Å². The second-order valence-electron chi connectivity index (χ2n) is 5.25. The fraction of sp³-hybridized carbons (Fsp3) is 0.333. The maximum atomic E-state index is 12.7. The molecule has 0 atom stereocenters. The van der Waals surface area contributed by atoms with Crippen LogP contribution in [0.25, 0.3) is 0 Å². The van der Waals surface area contributed by atoms with Crippen molar-refractivity contribution in [2.45, 2.75) is 18.0 Å². The fourth-order valence-electron chi connectivity index (χ4n) is 2.10. The summed E-state index contributed by atoms with van der Waals surface area (Å²) in [6.07, 6.45) is 2.35. The van der Waals surface area contributed by atoms with E-state index in [0.29, 0.717) is 4.57 Å². The van der Waals surface area contributed by atoms with Gasteiger partial charge in [0.05, 0.1) is 17.2 Å². The largest absolute Gasteiger partial charge is 0.337 e. The number of carbonyl (C=O) groups is 1. The van der Waals surface area contributed by atoms with Crippen LogP contribution in [0.3, 0.4) is 0 Å². The number of aromatic nitrogens is 2. The van der Waals surface area contributed by atoms with E-state index < -0.39 is 22.4 Å². The lowest BCUT2D eigenvalue weighted by atomic mass is 10.4. The maximum absolute atomic E-state index is 12.7. The molecule has 1 heterocycles. The quantitative estimate of drug-likeness (QED) is 0.804. The number of carbonyl (C=O) groups excluding carboxylic acids is 1. The standard InChI is InChI=1S/C15H18F2N4O3S/c1-20(11-13-18-7-9-21(13)14(16)17)15(22)19-8-10-25(23,24)12-5-3-2-4-6-12/h2-7,9,14H,8,10-11H2,1H3,(H,19,22). The Bertz CT molecular complexity index is 809.